The second-order valence-corrected chi connectivity index (χ2v) is 10.2. The Morgan fingerprint density at radius 1 is 0.878 bits per heavy atom. The predicted octanol–water partition coefficient (Wildman–Crippen LogP) is 4.29. The number of ether oxygens (including phenoxy) is 1. The number of sulfonamides is 1. The molecule has 0 amide bonds. The number of hydrogen-bond acceptors (Lipinski definition) is 7. The molecule has 41 heavy (non-hydrogen) atoms. The second-order valence-electron chi connectivity index (χ2n) is 8.55. The predicted molar refractivity (Wildman–Crippen MR) is 142 cm³/mol. The summed E-state index contributed by atoms with van der Waals surface area (Å²) in [6, 6.07) is 16.7. The summed E-state index contributed by atoms with van der Waals surface area (Å²) in [6.07, 6.45) is -5.08. The summed E-state index contributed by atoms with van der Waals surface area (Å²) in [5, 5.41) is 16.5. The number of carboxylic acid groups (broad SMARTS) is 2. The summed E-state index contributed by atoms with van der Waals surface area (Å²) >= 11 is 0. The van der Waals surface area contributed by atoms with Crippen LogP contribution >= 0.6 is 0 Å². The molecule has 4 rings (SSSR count). The summed E-state index contributed by atoms with van der Waals surface area (Å²) in [5.41, 5.74) is 1.57. The molecule has 3 aromatic carbocycles. The molecule has 220 valence electrons. The zero-order chi connectivity index (χ0) is 30.4. The van der Waals surface area contributed by atoms with E-state index in [1.165, 1.54) is 24.3 Å². The zero-order valence-electron chi connectivity index (χ0n) is 21.4. The number of carbonyl (C=O) groups is 2. The third-order valence-electron chi connectivity index (χ3n) is 5.88. The Bertz CT molecular complexity index is 1510. The van der Waals surface area contributed by atoms with Gasteiger partial charge in [0.1, 0.15) is 11.6 Å². The number of piperazine rings is 1. The van der Waals surface area contributed by atoms with Gasteiger partial charge < -0.3 is 24.7 Å². The molecule has 0 radical (unpaired) electrons. The van der Waals surface area contributed by atoms with Crippen molar-refractivity contribution in [3.8, 4) is 5.75 Å². The van der Waals surface area contributed by atoms with Crippen molar-refractivity contribution in [3.05, 3.63) is 78.1 Å². The van der Waals surface area contributed by atoms with Crippen LogP contribution in [-0.2, 0) is 14.8 Å². The van der Waals surface area contributed by atoms with Gasteiger partial charge in [-0.3, -0.25) is 4.72 Å². The third-order valence-corrected chi connectivity index (χ3v) is 7.25. The number of alkyl halides is 3. The highest BCUT2D eigenvalue weighted by molar-refractivity contribution is 7.92. The highest BCUT2D eigenvalue weighted by atomic mass is 32.2. The van der Waals surface area contributed by atoms with Crippen LogP contribution in [0.1, 0.15) is 10.4 Å². The van der Waals surface area contributed by atoms with Gasteiger partial charge in [-0.1, -0.05) is 18.2 Å². The summed E-state index contributed by atoms with van der Waals surface area (Å²) in [4.78, 5) is 24.3. The summed E-state index contributed by atoms with van der Waals surface area (Å²) in [5.74, 6) is -3.86. The Hall–Kier alpha value is -4.53. The smallest absolute Gasteiger partial charge is 0.490 e. The Morgan fingerprint density at radius 2 is 1.46 bits per heavy atom. The monoisotopic (exact) mass is 599 g/mol. The quantitative estimate of drug-likeness (QED) is 0.340. The molecule has 15 heteroatoms. The standard InChI is InChI=1S/C24H24FN3O5S.C2HF3O2/c1-33-23-8-3-2-7-22(23)28-13-11-27(12-14-28)21-10-9-17(24(29)30)15-20(21)26-34(31,32)19-6-4-5-18(25)16-19;3-2(4,5)1(6)7/h2-10,15-16,26H,11-14H2,1H3,(H,29,30);(H,6,7). The fraction of sp³-hybridized carbons (Fsp3) is 0.231. The molecule has 0 unspecified atom stereocenters. The number of methoxy groups -OCH3 is 1. The number of aromatic carboxylic acids is 1. The van der Waals surface area contributed by atoms with E-state index in [9.17, 15) is 35.9 Å². The van der Waals surface area contributed by atoms with Crippen molar-refractivity contribution >= 4 is 39.0 Å². The molecule has 0 bridgehead atoms. The highest BCUT2D eigenvalue weighted by Gasteiger charge is 2.38. The molecule has 1 heterocycles. The van der Waals surface area contributed by atoms with Crippen molar-refractivity contribution in [2.45, 2.75) is 11.1 Å². The molecule has 3 N–H and O–H groups in total. The van der Waals surface area contributed by atoms with Gasteiger partial charge in [-0.15, -0.1) is 0 Å². The van der Waals surface area contributed by atoms with Crippen LogP contribution in [-0.4, -0.2) is 70.0 Å². The number of rotatable bonds is 7. The van der Waals surface area contributed by atoms with Gasteiger partial charge in [-0.25, -0.2) is 22.4 Å². The largest absolute Gasteiger partial charge is 0.495 e. The molecule has 10 nitrogen and oxygen atoms in total. The molecule has 3 aromatic rings. The van der Waals surface area contributed by atoms with Crippen LogP contribution < -0.4 is 19.3 Å². The summed E-state index contributed by atoms with van der Waals surface area (Å²) in [7, 11) is -2.52. The lowest BCUT2D eigenvalue weighted by Gasteiger charge is -2.38. The maximum atomic E-state index is 13.6. The van der Waals surface area contributed by atoms with E-state index in [4.69, 9.17) is 14.6 Å². The summed E-state index contributed by atoms with van der Waals surface area (Å²) in [6.45, 7) is 2.44. The number of anilines is 3. The van der Waals surface area contributed by atoms with E-state index in [1.807, 2.05) is 29.2 Å². The van der Waals surface area contributed by atoms with Crippen molar-refractivity contribution in [1.82, 2.24) is 0 Å². The van der Waals surface area contributed by atoms with Crippen molar-refractivity contribution in [1.29, 1.82) is 0 Å². The van der Waals surface area contributed by atoms with Crippen molar-refractivity contribution in [2.24, 2.45) is 0 Å². The fourth-order valence-electron chi connectivity index (χ4n) is 3.94. The number of halogens is 4. The Morgan fingerprint density at radius 3 is 2.00 bits per heavy atom. The molecular weight excluding hydrogens is 574 g/mol. The van der Waals surface area contributed by atoms with Gasteiger partial charge in [0.15, 0.2) is 0 Å². The van der Waals surface area contributed by atoms with Gasteiger partial charge in [-0.2, -0.15) is 13.2 Å². The van der Waals surface area contributed by atoms with Crippen molar-refractivity contribution < 1.29 is 50.5 Å². The van der Waals surface area contributed by atoms with E-state index < -0.39 is 34.0 Å². The number of carboxylic acids is 2. The first-order valence-electron chi connectivity index (χ1n) is 11.8. The van der Waals surface area contributed by atoms with Crippen LogP contribution in [0.15, 0.2) is 71.6 Å². The van der Waals surface area contributed by atoms with E-state index in [-0.39, 0.29) is 16.1 Å². The van der Waals surface area contributed by atoms with E-state index in [2.05, 4.69) is 9.62 Å². The molecule has 1 aliphatic heterocycles. The minimum Gasteiger partial charge on any atom is -0.495 e. The number of nitrogens with one attached hydrogen (secondary N) is 1. The lowest BCUT2D eigenvalue weighted by atomic mass is 10.1. The van der Waals surface area contributed by atoms with Gasteiger partial charge in [0.2, 0.25) is 0 Å². The number of nitrogens with zero attached hydrogens (tertiary/aromatic N) is 2. The van der Waals surface area contributed by atoms with Gasteiger partial charge >= 0.3 is 18.1 Å². The first-order chi connectivity index (χ1) is 19.2. The second kappa shape index (κ2) is 12.8. The average Bonchev–Trinajstić information content (AvgIpc) is 2.92. The van der Waals surface area contributed by atoms with Crippen molar-refractivity contribution in [2.75, 3.05) is 47.8 Å². The lowest BCUT2D eigenvalue weighted by Crippen LogP contribution is -2.46. The van der Waals surface area contributed by atoms with E-state index in [1.54, 1.807) is 13.2 Å². The minimum atomic E-state index is -5.08. The summed E-state index contributed by atoms with van der Waals surface area (Å²) < 4.78 is 79.1. The van der Waals surface area contributed by atoms with Crippen LogP contribution in [0.3, 0.4) is 0 Å². The maximum Gasteiger partial charge on any atom is 0.490 e. The van der Waals surface area contributed by atoms with Crippen LogP contribution in [0.2, 0.25) is 0 Å². The molecule has 1 saturated heterocycles. The average molecular weight is 600 g/mol. The molecule has 0 atom stereocenters. The SMILES string of the molecule is COc1ccccc1N1CCN(c2ccc(C(=O)O)cc2NS(=O)(=O)c2cccc(F)c2)CC1.O=C(O)C(F)(F)F. The molecule has 0 aromatic heterocycles. The fourth-order valence-corrected chi connectivity index (χ4v) is 5.04. The van der Waals surface area contributed by atoms with Gasteiger partial charge in [0.05, 0.1) is 34.6 Å². The van der Waals surface area contributed by atoms with Crippen LogP contribution in [0.25, 0.3) is 0 Å². The van der Waals surface area contributed by atoms with E-state index in [0.29, 0.717) is 31.9 Å². The number of para-hydroxylation sites is 2. The van der Waals surface area contributed by atoms with Gasteiger partial charge in [0.25, 0.3) is 10.0 Å². The highest BCUT2D eigenvalue weighted by Crippen LogP contribution is 2.33. The Balaban J connectivity index is 0.000000587. The van der Waals surface area contributed by atoms with Crippen LogP contribution in [0, 0.1) is 5.82 Å². The van der Waals surface area contributed by atoms with Gasteiger partial charge in [0, 0.05) is 26.2 Å². The molecule has 0 saturated carbocycles. The number of hydrogen-bond donors (Lipinski definition) is 3. The van der Waals surface area contributed by atoms with Crippen molar-refractivity contribution in [3.63, 3.8) is 0 Å². The Kier molecular flexibility index (Phi) is 9.65. The zero-order valence-corrected chi connectivity index (χ0v) is 22.2. The first-order valence-corrected chi connectivity index (χ1v) is 13.3. The molecule has 0 spiro atoms. The normalized spacial score (nSPS) is 13.6. The maximum absolute atomic E-state index is 13.6. The molecule has 1 aliphatic rings. The first kappa shape index (κ1) is 31.0. The molecular formula is C26H25F4N3O7S. The van der Waals surface area contributed by atoms with Gasteiger partial charge in [-0.05, 0) is 48.5 Å². The number of aliphatic carboxylic acids is 1. The molecule has 1 fully saturated rings. The topological polar surface area (TPSA) is 136 Å². The van der Waals surface area contributed by atoms with E-state index in [0.717, 1.165) is 23.6 Å². The van der Waals surface area contributed by atoms with Crippen LogP contribution in [0.5, 0.6) is 5.75 Å². The lowest BCUT2D eigenvalue weighted by molar-refractivity contribution is -0.192. The van der Waals surface area contributed by atoms with Crippen LogP contribution in [0.4, 0.5) is 34.6 Å². The van der Waals surface area contributed by atoms with E-state index >= 15 is 0 Å². The molecule has 0 aliphatic carbocycles. The number of benzene rings is 3. The Labute approximate surface area is 232 Å². The third kappa shape index (κ3) is 8.00. The minimum absolute atomic E-state index is 0.0617.